The molecule has 5 rings (SSSR count). The number of carbonyl (C=O) groups excluding carboxylic acids is 2. The van der Waals surface area contributed by atoms with Crippen LogP contribution in [0.1, 0.15) is 41.6 Å². The third-order valence-electron chi connectivity index (χ3n) is 6.48. The van der Waals surface area contributed by atoms with Gasteiger partial charge in [-0.1, -0.05) is 6.92 Å². The zero-order valence-electron chi connectivity index (χ0n) is 18.2. The van der Waals surface area contributed by atoms with Crippen molar-refractivity contribution in [2.45, 2.75) is 38.1 Å². The molecule has 174 valence electrons. The Bertz CT molecular complexity index is 1480. The van der Waals surface area contributed by atoms with Gasteiger partial charge in [0, 0.05) is 27.0 Å². The number of hydrogen-bond donors (Lipinski definition) is 1. The number of rotatable bonds is 4. The van der Waals surface area contributed by atoms with Gasteiger partial charge in [-0.2, -0.15) is 0 Å². The highest BCUT2D eigenvalue weighted by molar-refractivity contribution is 5.87. The Balaban J connectivity index is 1.66. The van der Waals surface area contributed by atoms with Crippen LogP contribution in [0.2, 0.25) is 0 Å². The molecule has 2 aromatic heterocycles. The zero-order chi connectivity index (χ0) is 24.4. The Morgan fingerprint density at radius 2 is 2.12 bits per heavy atom. The molecule has 0 spiro atoms. The number of fused-ring (bicyclic) bond motifs is 5. The summed E-state index contributed by atoms with van der Waals surface area (Å²) < 4.78 is 11.1. The van der Waals surface area contributed by atoms with Gasteiger partial charge in [0.05, 0.1) is 36.1 Å². The first-order valence-electron chi connectivity index (χ1n) is 10.5. The summed E-state index contributed by atoms with van der Waals surface area (Å²) in [5, 5.41) is 22.9. The molecule has 1 unspecified atom stereocenters. The lowest BCUT2D eigenvalue weighted by atomic mass is 9.86. The molecule has 3 aromatic rings. The van der Waals surface area contributed by atoms with Gasteiger partial charge >= 0.3 is 18.0 Å². The topological polar surface area (TPSA) is 151 Å². The van der Waals surface area contributed by atoms with Gasteiger partial charge in [-0.05, 0) is 36.8 Å². The number of nitrogens with zero attached hydrogens (tertiary/aromatic N) is 3. The first-order chi connectivity index (χ1) is 16.2. The molecule has 11 nitrogen and oxygen atoms in total. The number of hydrogen-bond acceptors (Lipinski definition) is 9. The first kappa shape index (κ1) is 21.7. The molecule has 0 radical (unpaired) electrons. The van der Waals surface area contributed by atoms with Crippen molar-refractivity contribution in [3.8, 4) is 11.4 Å². The van der Waals surface area contributed by atoms with Crippen molar-refractivity contribution in [2.24, 2.45) is 0 Å². The Hall–Kier alpha value is -4.12. The summed E-state index contributed by atoms with van der Waals surface area (Å²) in [6.07, 6.45) is 0.0420. The maximum Gasteiger partial charge on any atom is 0.386 e. The van der Waals surface area contributed by atoms with E-state index in [0.29, 0.717) is 27.9 Å². The number of pyridine rings is 2. The summed E-state index contributed by atoms with van der Waals surface area (Å²) in [5.41, 5.74) is 0.457. The van der Waals surface area contributed by atoms with E-state index in [2.05, 4.69) is 9.72 Å². The summed E-state index contributed by atoms with van der Waals surface area (Å²) in [4.78, 5) is 52.8. The number of carbonyl (C=O) groups is 2. The van der Waals surface area contributed by atoms with Crippen LogP contribution in [-0.2, 0) is 37.8 Å². The van der Waals surface area contributed by atoms with Crippen LogP contribution in [0.25, 0.3) is 22.3 Å². The molecule has 0 fully saturated rings. The van der Waals surface area contributed by atoms with Crippen LogP contribution in [0.5, 0.6) is 0 Å². The predicted molar refractivity (Wildman–Crippen MR) is 116 cm³/mol. The molecule has 4 heterocycles. The molecular weight excluding hydrogens is 446 g/mol. The summed E-state index contributed by atoms with van der Waals surface area (Å²) in [7, 11) is 1.08. The van der Waals surface area contributed by atoms with Crippen LogP contribution in [0.4, 0.5) is 0 Å². The molecule has 34 heavy (non-hydrogen) atoms. The zero-order valence-corrected chi connectivity index (χ0v) is 18.2. The fourth-order valence-corrected chi connectivity index (χ4v) is 4.63. The van der Waals surface area contributed by atoms with E-state index in [1.807, 2.05) is 0 Å². The van der Waals surface area contributed by atoms with Crippen molar-refractivity contribution in [1.82, 2.24) is 9.55 Å². The molecule has 2 aliphatic heterocycles. The Kier molecular flexibility index (Phi) is 4.76. The van der Waals surface area contributed by atoms with E-state index in [1.54, 1.807) is 25.1 Å². The van der Waals surface area contributed by atoms with Crippen LogP contribution in [0, 0.1) is 10.1 Å². The first-order valence-corrected chi connectivity index (χ1v) is 10.5. The number of methoxy groups -OCH3 is 1. The van der Waals surface area contributed by atoms with E-state index in [-0.39, 0.29) is 41.8 Å². The van der Waals surface area contributed by atoms with Gasteiger partial charge in [0.1, 0.15) is 6.61 Å². The highest BCUT2D eigenvalue weighted by Gasteiger charge is 2.45. The van der Waals surface area contributed by atoms with Crippen LogP contribution in [0.15, 0.2) is 35.1 Å². The molecule has 2 aliphatic rings. The number of esters is 2. The van der Waals surface area contributed by atoms with E-state index in [1.165, 1.54) is 16.7 Å². The monoisotopic (exact) mass is 465 g/mol. The Labute approximate surface area is 191 Å². The fourth-order valence-electron chi connectivity index (χ4n) is 4.63. The van der Waals surface area contributed by atoms with E-state index in [0.717, 1.165) is 7.11 Å². The van der Waals surface area contributed by atoms with Crippen molar-refractivity contribution in [3.05, 3.63) is 73.1 Å². The minimum absolute atomic E-state index is 0.0420. The van der Waals surface area contributed by atoms with Crippen LogP contribution >= 0.6 is 0 Å². The van der Waals surface area contributed by atoms with Gasteiger partial charge in [0.2, 0.25) is 0 Å². The van der Waals surface area contributed by atoms with E-state index in [9.17, 15) is 29.6 Å². The Morgan fingerprint density at radius 3 is 2.79 bits per heavy atom. The van der Waals surface area contributed by atoms with Gasteiger partial charge < -0.3 is 19.1 Å². The average Bonchev–Trinajstić information content (AvgIpc) is 3.17. The molecular formula is C23H19N3O8. The normalized spacial score (nSPS) is 19.1. The molecule has 0 aliphatic carbocycles. The predicted octanol–water partition coefficient (Wildman–Crippen LogP) is 1.57. The minimum atomic E-state index is -1.91. The van der Waals surface area contributed by atoms with Gasteiger partial charge in [0.25, 0.3) is 5.56 Å². The molecule has 2 atom stereocenters. The summed E-state index contributed by atoms with van der Waals surface area (Å²) in [6.45, 7) is 1.60. The molecule has 11 heteroatoms. The maximum atomic E-state index is 13.2. The molecule has 0 saturated heterocycles. The number of benzene rings is 1. The SMILES string of the molecule is CC[C@@]1(O)C(=O)OCc2c1cc1n(c2=O)Cc2cc3cc(C(C(=O)OC)[N+](=O)[O-])ccc3nc2-1. The summed E-state index contributed by atoms with van der Waals surface area (Å²) in [5.74, 6) is -1.78. The quantitative estimate of drug-likeness (QED) is 0.269. The van der Waals surface area contributed by atoms with E-state index in [4.69, 9.17) is 4.74 Å². The molecule has 0 bridgehead atoms. The molecule has 1 aromatic carbocycles. The third-order valence-corrected chi connectivity index (χ3v) is 6.48. The van der Waals surface area contributed by atoms with E-state index < -0.39 is 28.5 Å². The fraction of sp³-hybridized carbons (Fsp3) is 0.304. The van der Waals surface area contributed by atoms with Gasteiger partial charge in [-0.25, -0.2) is 14.6 Å². The van der Waals surface area contributed by atoms with Gasteiger partial charge in [-0.3, -0.25) is 14.9 Å². The second-order valence-corrected chi connectivity index (χ2v) is 8.26. The number of aromatic nitrogens is 2. The maximum absolute atomic E-state index is 13.2. The minimum Gasteiger partial charge on any atom is -0.464 e. The summed E-state index contributed by atoms with van der Waals surface area (Å²) >= 11 is 0. The summed E-state index contributed by atoms with van der Waals surface area (Å²) in [6, 6.07) is 6.20. The van der Waals surface area contributed by atoms with Crippen LogP contribution < -0.4 is 5.56 Å². The highest BCUT2D eigenvalue weighted by Crippen LogP contribution is 2.38. The van der Waals surface area contributed by atoms with Crippen molar-refractivity contribution >= 4 is 22.8 Å². The molecule has 1 N–H and O–H groups in total. The largest absolute Gasteiger partial charge is 0.464 e. The van der Waals surface area contributed by atoms with Gasteiger partial charge in [-0.15, -0.1) is 0 Å². The van der Waals surface area contributed by atoms with Crippen molar-refractivity contribution < 1.29 is 29.1 Å². The lowest BCUT2D eigenvalue weighted by Gasteiger charge is -2.31. The second kappa shape index (κ2) is 7.45. The average molecular weight is 465 g/mol. The molecule has 0 saturated carbocycles. The van der Waals surface area contributed by atoms with Crippen molar-refractivity contribution in [1.29, 1.82) is 0 Å². The number of aliphatic hydroxyl groups is 1. The van der Waals surface area contributed by atoms with Crippen molar-refractivity contribution in [2.75, 3.05) is 7.11 Å². The second-order valence-electron chi connectivity index (χ2n) is 8.26. The Morgan fingerprint density at radius 1 is 1.35 bits per heavy atom. The number of cyclic esters (lactones) is 1. The third kappa shape index (κ3) is 2.93. The standard InChI is InChI=1S/C23H19N3O8/c1-3-23(30)15-8-17-18-13(9-25(17)20(27)14(15)10-34-22(23)29)7-12-6-11(4-5-16(12)24-18)19(26(31)32)21(28)33-2/h4-8,19,30H,3,9-10H2,1-2H3/t19?,23-/m0/s1. The smallest absolute Gasteiger partial charge is 0.386 e. The van der Waals surface area contributed by atoms with Crippen LogP contribution in [0.3, 0.4) is 0 Å². The van der Waals surface area contributed by atoms with Crippen LogP contribution in [-0.4, -0.2) is 38.6 Å². The lowest BCUT2D eigenvalue weighted by molar-refractivity contribution is -0.516. The highest BCUT2D eigenvalue weighted by atomic mass is 16.6. The lowest BCUT2D eigenvalue weighted by Crippen LogP contribution is -2.44. The number of nitro groups is 1. The number of ether oxygens (including phenoxy) is 2. The van der Waals surface area contributed by atoms with Gasteiger partial charge in [0.15, 0.2) is 5.60 Å². The van der Waals surface area contributed by atoms with E-state index >= 15 is 0 Å². The van der Waals surface area contributed by atoms with Crippen molar-refractivity contribution in [3.63, 3.8) is 0 Å². The molecule has 0 amide bonds.